The number of carbonyl (C=O) groups is 2. The highest BCUT2D eigenvalue weighted by atomic mass is 35.5. The van der Waals surface area contributed by atoms with Crippen LogP contribution in [0.4, 0.5) is 4.39 Å². The highest BCUT2D eigenvalue weighted by molar-refractivity contribution is 6.32. The Morgan fingerprint density at radius 2 is 2.35 bits per heavy atom. The first-order valence-corrected chi connectivity index (χ1v) is 8.45. The maximum absolute atomic E-state index is 13.0. The largest absolute Gasteiger partial charge is 0.482 e. The summed E-state index contributed by atoms with van der Waals surface area (Å²) in [6.07, 6.45) is 1.49. The molecule has 0 saturated carbocycles. The van der Waals surface area contributed by atoms with Gasteiger partial charge in [-0.2, -0.15) is 0 Å². The van der Waals surface area contributed by atoms with Gasteiger partial charge >= 0.3 is 0 Å². The van der Waals surface area contributed by atoms with Crippen LogP contribution in [0, 0.1) is 5.82 Å². The number of ether oxygens (including phenoxy) is 1. The molecule has 0 unspecified atom stereocenters. The summed E-state index contributed by atoms with van der Waals surface area (Å²) in [5, 5.41) is 2.89. The van der Waals surface area contributed by atoms with Gasteiger partial charge in [0.15, 0.2) is 12.3 Å². The van der Waals surface area contributed by atoms with Gasteiger partial charge in [0.25, 0.3) is 5.91 Å². The fourth-order valence-corrected chi connectivity index (χ4v) is 2.87. The number of amides is 2. The zero-order chi connectivity index (χ0) is 18.7. The topological polar surface area (TPSA) is 84.7 Å². The van der Waals surface area contributed by atoms with E-state index in [0.717, 1.165) is 6.07 Å². The van der Waals surface area contributed by atoms with Crippen LogP contribution in [0.1, 0.15) is 29.7 Å². The predicted octanol–water partition coefficient (Wildman–Crippen LogP) is 2.40. The molecule has 9 heteroatoms. The van der Waals surface area contributed by atoms with Gasteiger partial charge in [0.2, 0.25) is 11.8 Å². The van der Waals surface area contributed by atoms with E-state index in [-0.39, 0.29) is 47.3 Å². The second-order valence-electron chi connectivity index (χ2n) is 5.80. The van der Waals surface area contributed by atoms with Crippen LogP contribution in [0.15, 0.2) is 28.9 Å². The van der Waals surface area contributed by atoms with Crippen LogP contribution in [-0.4, -0.2) is 40.8 Å². The van der Waals surface area contributed by atoms with Crippen LogP contribution < -0.4 is 10.1 Å². The number of benzene rings is 1. The van der Waals surface area contributed by atoms with Crippen LogP contribution in [0.3, 0.4) is 0 Å². The summed E-state index contributed by atoms with van der Waals surface area (Å²) in [6, 6.07) is 3.50. The first-order chi connectivity index (χ1) is 12.5. The van der Waals surface area contributed by atoms with Gasteiger partial charge in [0.1, 0.15) is 17.8 Å². The maximum atomic E-state index is 13.0. The van der Waals surface area contributed by atoms with Crippen molar-refractivity contribution in [3.63, 3.8) is 0 Å². The molecular formula is C17H17ClFN3O4. The molecule has 1 atom stereocenters. The highest BCUT2D eigenvalue weighted by Crippen LogP contribution is 2.25. The molecule has 138 valence electrons. The molecule has 1 aliphatic heterocycles. The Balaban J connectivity index is 1.55. The molecule has 2 aromatic rings. The van der Waals surface area contributed by atoms with Crippen molar-refractivity contribution >= 4 is 23.4 Å². The third-order valence-electron chi connectivity index (χ3n) is 3.96. The number of halogens is 2. The minimum absolute atomic E-state index is 0.0169. The number of likely N-dealkylation sites (N-methyl/N-ethyl adjacent to an activating group) is 1. The highest BCUT2D eigenvalue weighted by Gasteiger charge is 2.30. The van der Waals surface area contributed by atoms with Crippen molar-refractivity contribution in [2.45, 2.75) is 26.0 Å². The van der Waals surface area contributed by atoms with E-state index < -0.39 is 11.7 Å². The van der Waals surface area contributed by atoms with E-state index in [1.165, 1.54) is 18.4 Å². The van der Waals surface area contributed by atoms with Gasteiger partial charge in [-0.1, -0.05) is 11.6 Å². The van der Waals surface area contributed by atoms with Crippen molar-refractivity contribution in [1.82, 2.24) is 15.2 Å². The van der Waals surface area contributed by atoms with Crippen molar-refractivity contribution in [1.29, 1.82) is 0 Å². The van der Waals surface area contributed by atoms with E-state index in [1.807, 2.05) is 6.92 Å². The molecule has 1 fully saturated rings. The van der Waals surface area contributed by atoms with Gasteiger partial charge < -0.3 is 19.4 Å². The SMILES string of the molecule is CCN1C[C@@H](NC(=O)c2coc(COc3ccc(F)cc3Cl)n2)CC1=O. The number of nitrogens with one attached hydrogen (secondary N) is 1. The number of aromatic nitrogens is 1. The number of carbonyl (C=O) groups excluding carboxylic acids is 2. The Hall–Kier alpha value is -2.61. The Labute approximate surface area is 154 Å². The average Bonchev–Trinajstić information content (AvgIpc) is 3.20. The van der Waals surface area contributed by atoms with Crippen LogP contribution in [0.2, 0.25) is 5.02 Å². The van der Waals surface area contributed by atoms with Gasteiger partial charge in [0.05, 0.1) is 11.1 Å². The zero-order valence-corrected chi connectivity index (χ0v) is 14.8. The smallest absolute Gasteiger partial charge is 0.273 e. The molecule has 2 heterocycles. The normalized spacial score (nSPS) is 16.8. The number of hydrogen-bond donors (Lipinski definition) is 1. The quantitative estimate of drug-likeness (QED) is 0.830. The van der Waals surface area contributed by atoms with E-state index >= 15 is 0 Å². The molecular weight excluding hydrogens is 365 g/mol. The molecule has 0 spiro atoms. The number of nitrogens with zero attached hydrogens (tertiary/aromatic N) is 2. The van der Waals surface area contributed by atoms with Crippen molar-refractivity contribution in [3.05, 3.63) is 46.9 Å². The van der Waals surface area contributed by atoms with E-state index in [9.17, 15) is 14.0 Å². The summed E-state index contributed by atoms with van der Waals surface area (Å²) in [5.74, 6) is -0.419. The van der Waals surface area contributed by atoms with Crippen molar-refractivity contribution in [2.75, 3.05) is 13.1 Å². The molecule has 3 rings (SSSR count). The number of likely N-dealkylation sites (tertiary alicyclic amines) is 1. The van der Waals surface area contributed by atoms with Crippen molar-refractivity contribution in [3.8, 4) is 5.75 Å². The minimum atomic E-state index is -0.468. The summed E-state index contributed by atoms with van der Waals surface area (Å²) < 4.78 is 23.6. The predicted molar refractivity (Wildman–Crippen MR) is 90.4 cm³/mol. The molecule has 1 aromatic carbocycles. The Kier molecular flexibility index (Phi) is 5.41. The lowest BCUT2D eigenvalue weighted by atomic mass is 10.2. The molecule has 26 heavy (non-hydrogen) atoms. The fourth-order valence-electron chi connectivity index (χ4n) is 2.65. The van der Waals surface area contributed by atoms with Gasteiger partial charge in [-0.3, -0.25) is 9.59 Å². The molecule has 0 aliphatic carbocycles. The summed E-state index contributed by atoms with van der Waals surface area (Å²) in [4.78, 5) is 29.6. The van der Waals surface area contributed by atoms with E-state index in [2.05, 4.69) is 10.3 Å². The number of oxazole rings is 1. The van der Waals surface area contributed by atoms with E-state index in [0.29, 0.717) is 13.1 Å². The summed E-state index contributed by atoms with van der Waals surface area (Å²) >= 11 is 5.87. The van der Waals surface area contributed by atoms with Crippen LogP contribution in [-0.2, 0) is 11.4 Å². The molecule has 0 radical (unpaired) electrons. The molecule has 7 nitrogen and oxygen atoms in total. The molecule has 1 aromatic heterocycles. The van der Waals surface area contributed by atoms with Gasteiger partial charge in [0, 0.05) is 19.5 Å². The van der Waals surface area contributed by atoms with Crippen LogP contribution in [0.25, 0.3) is 0 Å². The van der Waals surface area contributed by atoms with Gasteiger partial charge in [-0.15, -0.1) is 0 Å². The van der Waals surface area contributed by atoms with Gasteiger partial charge in [-0.05, 0) is 25.1 Å². The minimum Gasteiger partial charge on any atom is -0.482 e. The van der Waals surface area contributed by atoms with Crippen molar-refractivity contribution in [2.24, 2.45) is 0 Å². The molecule has 0 bridgehead atoms. The molecule has 1 aliphatic rings. The second kappa shape index (κ2) is 7.74. The molecule has 1 saturated heterocycles. The summed E-state index contributed by atoms with van der Waals surface area (Å²) in [7, 11) is 0. The van der Waals surface area contributed by atoms with E-state index in [1.54, 1.807) is 4.90 Å². The third-order valence-corrected chi connectivity index (χ3v) is 4.26. The molecule has 2 amide bonds. The third kappa shape index (κ3) is 4.13. The zero-order valence-electron chi connectivity index (χ0n) is 14.0. The number of rotatable bonds is 6. The Bertz CT molecular complexity index is 826. The molecule has 1 N–H and O–H groups in total. The monoisotopic (exact) mass is 381 g/mol. The van der Waals surface area contributed by atoms with Crippen LogP contribution in [0.5, 0.6) is 5.75 Å². The lowest BCUT2D eigenvalue weighted by molar-refractivity contribution is -0.127. The average molecular weight is 382 g/mol. The van der Waals surface area contributed by atoms with Gasteiger partial charge in [-0.25, -0.2) is 9.37 Å². The lowest BCUT2D eigenvalue weighted by Crippen LogP contribution is -2.37. The maximum Gasteiger partial charge on any atom is 0.273 e. The second-order valence-corrected chi connectivity index (χ2v) is 6.20. The Morgan fingerprint density at radius 3 is 3.04 bits per heavy atom. The summed E-state index contributed by atoms with van der Waals surface area (Å²) in [5.41, 5.74) is 0.0937. The first-order valence-electron chi connectivity index (χ1n) is 8.07. The van der Waals surface area contributed by atoms with E-state index in [4.69, 9.17) is 20.8 Å². The lowest BCUT2D eigenvalue weighted by Gasteiger charge is -2.13. The van der Waals surface area contributed by atoms with Crippen LogP contribution >= 0.6 is 11.6 Å². The Morgan fingerprint density at radius 1 is 1.54 bits per heavy atom. The first kappa shape index (κ1) is 18.2. The standard InChI is InChI=1S/C17H17ClFN3O4/c1-2-22-7-11(6-16(22)23)20-17(24)13-8-26-15(21-13)9-25-14-4-3-10(19)5-12(14)18/h3-5,8,11H,2,6-7,9H2,1H3,(H,20,24)/t11-/m0/s1. The fraction of sp³-hybridized carbons (Fsp3) is 0.353. The van der Waals surface area contributed by atoms with Crippen molar-refractivity contribution < 1.29 is 23.1 Å². The summed E-state index contributed by atoms with van der Waals surface area (Å²) in [6.45, 7) is 2.92. The number of hydrogen-bond acceptors (Lipinski definition) is 5.